The first-order valence-corrected chi connectivity index (χ1v) is 6.91. The van der Waals surface area contributed by atoms with E-state index in [0.717, 1.165) is 5.56 Å². The SMILES string of the molecule is CC(Nc1cc(F)c(Br)cc1N)c1ccccc1Cl. The number of rotatable bonds is 3. The van der Waals surface area contributed by atoms with Gasteiger partial charge in [-0.3, -0.25) is 0 Å². The van der Waals surface area contributed by atoms with Crippen LogP contribution in [0, 0.1) is 5.82 Å². The van der Waals surface area contributed by atoms with Crippen molar-refractivity contribution in [2.75, 3.05) is 11.1 Å². The second kappa shape index (κ2) is 5.80. The van der Waals surface area contributed by atoms with E-state index >= 15 is 0 Å². The van der Waals surface area contributed by atoms with Gasteiger partial charge in [-0.2, -0.15) is 0 Å². The third kappa shape index (κ3) is 3.19. The summed E-state index contributed by atoms with van der Waals surface area (Å²) in [6, 6.07) is 10.4. The molecule has 0 saturated carbocycles. The van der Waals surface area contributed by atoms with Gasteiger partial charge in [0.15, 0.2) is 0 Å². The first kappa shape index (κ1) is 14.2. The summed E-state index contributed by atoms with van der Waals surface area (Å²) >= 11 is 9.23. The maximum Gasteiger partial charge on any atom is 0.139 e. The van der Waals surface area contributed by atoms with Crippen LogP contribution in [0.5, 0.6) is 0 Å². The number of nitrogens with two attached hydrogens (primary N) is 1. The van der Waals surface area contributed by atoms with E-state index in [-0.39, 0.29) is 11.9 Å². The lowest BCUT2D eigenvalue weighted by atomic mass is 10.1. The molecule has 0 bridgehead atoms. The first-order chi connectivity index (χ1) is 8.99. The van der Waals surface area contributed by atoms with Crippen LogP contribution < -0.4 is 11.1 Å². The topological polar surface area (TPSA) is 38.0 Å². The van der Waals surface area contributed by atoms with Gasteiger partial charge in [0.25, 0.3) is 0 Å². The van der Waals surface area contributed by atoms with Crippen molar-refractivity contribution in [1.29, 1.82) is 0 Å². The van der Waals surface area contributed by atoms with Crippen molar-refractivity contribution in [2.24, 2.45) is 0 Å². The van der Waals surface area contributed by atoms with Gasteiger partial charge in [0.2, 0.25) is 0 Å². The van der Waals surface area contributed by atoms with Crippen LogP contribution in [0.4, 0.5) is 15.8 Å². The molecule has 2 aromatic carbocycles. The highest BCUT2D eigenvalue weighted by Crippen LogP contribution is 2.31. The fourth-order valence-electron chi connectivity index (χ4n) is 1.82. The summed E-state index contributed by atoms with van der Waals surface area (Å²) in [4.78, 5) is 0. The molecule has 19 heavy (non-hydrogen) atoms. The molecule has 0 heterocycles. The van der Waals surface area contributed by atoms with E-state index in [2.05, 4.69) is 21.2 Å². The highest BCUT2D eigenvalue weighted by Gasteiger charge is 2.12. The van der Waals surface area contributed by atoms with Gasteiger partial charge >= 0.3 is 0 Å². The zero-order valence-electron chi connectivity index (χ0n) is 10.3. The molecule has 0 aliphatic heterocycles. The van der Waals surface area contributed by atoms with Crippen molar-refractivity contribution in [3.8, 4) is 0 Å². The number of halogens is 3. The Labute approximate surface area is 124 Å². The summed E-state index contributed by atoms with van der Waals surface area (Å²) in [5.74, 6) is -0.358. The summed E-state index contributed by atoms with van der Waals surface area (Å²) < 4.78 is 13.9. The zero-order chi connectivity index (χ0) is 14.0. The number of anilines is 2. The van der Waals surface area contributed by atoms with Crippen molar-refractivity contribution < 1.29 is 4.39 Å². The fourth-order valence-corrected chi connectivity index (χ4v) is 2.48. The smallest absolute Gasteiger partial charge is 0.139 e. The molecular formula is C14H13BrClFN2. The molecule has 0 aliphatic carbocycles. The number of benzene rings is 2. The average Bonchev–Trinajstić information content (AvgIpc) is 2.36. The first-order valence-electron chi connectivity index (χ1n) is 5.74. The Morgan fingerprint density at radius 1 is 1.32 bits per heavy atom. The Bertz CT molecular complexity index is 604. The number of hydrogen-bond acceptors (Lipinski definition) is 2. The Morgan fingerprint density at radius 2 is 2.00 bits per heavy atom. The molecule has 0 spiro atoms. The van der Waals surface area contributed by atoms with Crippen molar-refractivity contribution in [3.05, 3.63) is 57.3 Å². The average molecular weight is 344 g/mol. The third-order valence-corrected chi connectivity index (χ3v) is 3.79. The molecule has 2 aromatic rings. The number of nitrogen functional groups attached to an aromatic ring is 1. The van der Waals surface area contributed by atoms with Crippen LogP contribution in [-0.2, 0) is 0 Å². The minimum Gasteiger partial charge on any atom is -0.397 e. The molecule has 2 rings (SSSR count). The minimum atomic E-state index is -0.358. The van der Waals surface area contributed by atoms with Crippen LogP contribution in [0.2, 0.25) is 5.02 Å². The van der Waals surface area contributed by atoms with Gasteiger partial charge in [-0.05, 0) is 40.5 Å². The maximum absolute atomic E-state index is 13.5. The number of nitrogens with one attached hydrogen (secondary N) is 1. The predicted molar refractivity (Wildman–Crippen MR) is 82.0 cm³/mol. The number of hydrogen-bond donors (Lipinski definition) is 2. The van der Waals surface area contributed by atoms with Crippen LogP contribution in [0.25, 0.3) is 0 Å². The summed E-state index contributed by atoms with van der Waals surface area (Å²) in [6.07, 6.45) is 0. The minimum absolute atomic E-state index is 0.0726. The van der Waals surface area contributed by atoms with Gasteiger partial charge in [0, 0.05) is 11.1 Å². The molecule has 100 valence electrons. The summed E-state index contributed by atoms with van der Waals surface area (Å²) in [5.41, 5.74) is 7.83. The zero-order valence-corrected chi connectivity index (χ0v) is 12.6. The molecule has 2 nitrogen and oxygen atoms in total. The van der Waals surface area contributed by atoms with Gasteiger partial charge in [-0.1, -0.05) is 29.8 Å². The van der Waals surface area contributed by atoms with Crippen LogP contribution in [0.3, 0.4) is 0 Å². The van der Waals surface area contributed by atoms with Gasteiger partial charge in [-0.25, -0.2) is 4.39 Å². The molecule has 1 unspecified atom stereocenters. The van der Waals surface area contributed by atoms with E-state index in [1.54, 1.807) is 0 Å². The van der Waals surface area contributed by atoms with Gasteiger partial charge in [0.1, 0.15) is 5.82 Å². The lowest BCUT2D eigenvalue weighted by molar-refractivity contribution is 0.621. The van der Waals surface area contributed by atoms with Crippen molar-refractivity contribution in [2.45, 2.75) is 13.0 Å². The van der Waals surface area contributed by atoms with Crippen molar-refractivity contribution >= 4 is 38.9 Å². The standard InChI is InChI=1S/C14H13BrClFN2/c1-8(9-4-2-3-5-11(9)16)19-14-7-12(17)10(15)6-13(14)18/h2-8,19H,18H2,1H3. The summed E-state index contributed by atoms with van der Waals surface area (Å²) in [7, 11) is 0. The second-order valence-corrected chi connectivity index (χ2v) is 5.50. The molecule has 0 radical (unpaired) electrons. The second-order valence-electron chi connectivity index (χ2n) is 4.24. The molecule has 5 heteroatoms. The lowest BCUT2D eigenvalue weighted by Crippen LogP contribution is -2.09. The van der Waals surface area contributed by atoms with E-state index in [9.17, 15) is 4.39 Å². The Kier molecular flexibility index (Phi) is 4.32. The fraction of sp³-hybridized carbons (Fsp3) is 0.143. The van der Waals surface area contributed by atoms with E-state index in [0.29, 0.717) is 20.9 Å². The Balaban J connectivity index is 2.27. The normalized spacial score (nSPS) is 12.2. The largest absolute Gasteiger partial charge is 0.397 e. The van der Waals surface area contributed by atoms with Gasteiger partial charge < -0.3 is 11.1 Å². The van der Waals surface area contributed by atoms with E-state index in [4.69, 9.17) is 17.3 Å². The molecule has 0 fully saturated rings. The monoisotopic (exact) mass is 342 g/mol. The Morgan fingerprint density at radius 3 is 2.68 bits per heavy atom. The Hall–Kier alpha value is -1.26. The molecule has 3 N–H and O–H groups in total. The lowest BCUT2D eigenvalue weighted by Gasteiger charge is -2.18. The molecule has 0 aromatic heterocycles. The molecule has 0 saturated heterocycles. The van der Waals surface area contributed by atoms with E-state index in [1.807, 2.05) is 31.2 Å². The molecule has 0 aliphatic rings. The van der Waals surface area contributed by atoms with Crippen LogP contribution in [0.1, 0.15) is 18.5 Å². The molecular weight excluding hydrogens is 331 g/mol. The highest BCUT2D eigenvalue weighted by atomic mass is 79.9. The quantitative estimate of drug-likeness (QED) is 0.770. The van der Waals surface area contributed by atoms with Gasteiger partial charge in [0.05, 0.1) is 21.9 Å². The predicted octanol–water partition coefficient (Wildman–Crippen LogP) is 5.00. The van der Waals surface area contributed by atoms with Gasteiger partial charge in [-0.15, -0.1) is 0 Å². The van der Waals surface area contributed by atoms with E-state index < -0.39 is 0 Å². The molecule has 0 amide bonds. The van der Waals surface area contributed by atoms with E-state index in [1.165, 1.54) is 12.1 Å². The highest BCUT2D eigenvalue weighted by molar-refractivity contribution is 9.10. The van der Waals surface area contributed by atoms with Crippen LogP contribution in [0.15, 0.2) is 40.9 Å². The van der Waals surface area contributed by atoms with Crippen molar-refractivity contribution in [1.82, 2.24) is 0 Å². The third-order valence-electron chi connectivity index (χ3n) is 2.84. The van der Waals surface area contributed by atoms with Crippen LogP contribution in [-0.4, -0.2) is 0 Å². The van der Waals surface area contributed by atoms with Crippen molar-refractivity contribution in [3.63, 3.8) is 0 Å². The summed E-state index contributed by atoms with van der Waals surface area (Å²) in [6.45, 7) is 1.95. The van der Waals surface area contributed by atoms with Crippen LogP contribution >= 0.6 is 27.5 Å². The summed E-state index contributed by atoms with van der Waals surface area (Å²) in [5, 5.41) is 3.83. The maximum atomic E-state index is 13.5. The molecule has 1 atom stereocenters.